The molecule has 2 N–H and O–H groups in total. The molecule has 0 aliphatic heterocycles. The van der Waals surface area contributed by atoms with Gasteiger partial charge in [-0.15, -0.1) is 0 Å². The zero-order valence-electron chi connectivity index (χ0n) is 11.1. The van der Waals surface area contributed by atoms with Gasteiger partial charge in [0.25, 0.3) is 5.69 Å². The van der Waals surface area contributed by atoms with Crippen molar-refractivity contribution in [1.82, 2.24) is 0 Å². The van der Waals surface area contributed by atoms with Gasteiger partial charge >= 0.3 is 6.09 Å². The lowest BCUT2D eigenvalue weighted by atomic mass is 10.2. The van der Waals surface area contributed by atoms with Crippen LogP contribution in [0.3, 0.4) is 0 Å². The van der Waals surface area contributed by atoms with E-state index in [4.69, 9.17) is 4.74 Å². The van der Waals surface area contributed by atoms with Crippen LogP contribution in [-0.2, 0) is 0 Å². The predicted molar refractivity (Wildman–Crippen MR) is 75.6 cm³/mol. The van der Waals surface area contributed by atoms with Crippen LogP contribution in [0.15, 0.2) is 42.5 Å². The summed E-state index contributed by atoms with van der Waals surface area (Å²) in [4.78, 5) is 21.6. The first-order valence-corrected chi connectivity index (χ1v) is 5.98. The third-order valence-electron chi connectivity index (χ3n) is 2.70. The minimum atomic E-state index is -0.728. The summed E-state index contributed by atoms with van der Waals surface area (Å²) < 4.78 is 4.99. The Bertz CT molecular complexity index is 682. The van der Waals surface area contributed by atoms with E-state index in [9.17, 15) is 20.0 Å². The maximum Gasteiger partial charge on any atom is 0.417 e. The largest absolute Gasteiger partial charge is 0.508 e. The van der Waals surface area contributed by atoms with Crippen LogP contribution in [-0.4, -0.2) is 16.1 Å². The molecule has 2 rings (SSSR count). The third-order valence-corrected chi connectivity index (χ3v) is 2.70. The monoisotopic (exact) mass is 288 g/mol. The number of aryl methyl sites for hydroxylation is 1. The summed E-state index contributed by atoms with van der Waals surface area (Å²) in [5.74, 6) is 0.317. The molecule has 21 heavy (non-hydrogen) atoms. The van der Waals surface area contributed by atoms with Crippen LogP contribution < -0.4 is 10.1 Å². The predicted octanol–water partition coefficient (Wildman–Crippen LogP) is 3.22. The van der Waals surface area contributed by atoms with E-state index < -0.39 is 11.0 Å². The first kappa shape index (κ1) is 14.3. The highest BCUT2D eigenvalue weighted by atomic mass is 16.6. The Balaban J connectivity index is 2.01. The second-order valence-electron chi connectivity index (χ2n) is 4.27. The standard InChI is InChI=1S/C14H12N2O5/c1-9-8-10(2-7-13(9)17)15-14(18)21-12-5-3-11(4-6-12)16(19)20/h2-8,17H,1H3,(H,15,18). The van der Waals surface area contributed by atoms with Gasteiger partial charge in [0.2, 0.25) is 0 Å². The summed E-state index contributed by atoms with van der Waals surface area (Å²) in [6.07, 6.45) is -0.728. The van der Waals surface area contributed by atoms with Crippen molar-refractivity contribution >= 4 is 17.5 Å². The average molecular weight is 288 g/mol. The SMILES string of the molecule is Cc1cc(NC(=O)Oc2ccc([N+](=O)[O-])cc2)ccc1O. The quantitative estimate of drug-likeness (QED) is 0.513. The molecule has 0 heterocycles. The second-order valence-corrected chi connectivity index (χ2v) is 4.27. The summed E-state index contributed by atoms with van der Waals surface area (Å²) in [5.41, 5.74) is 0.997. The summed E-state index contributed by atoms with van der Waals surface area (Å²) in [6, 6.07) is 9.73. The van der Waals surface area contributed by atoms with Crippen molar-refractivity contribution in [2.45, 2.75) is 6.92 Å². The Morgan fingerprint density at radius 2 is 1.90 bits per heavy atom. The highest BCUT2D eigenvalue weighted by Crippen LogP contribution is 2.21. The second kappa shape index (κ2) is 5.91. The van der Waals surface area contributed by atoms with E-state index in [-0.39, 0.29) is 17.2 Å². The molecule has 0 saturated carbocycles. The van der Waals surface area contributed by atoms with Gasteiger partial charge in [0, 0.05) is 17.8 Å². The number of ether oxygens (including phenoxy) is 1. The summed E-state index contributed by atoms with van der Waals surface area (Å²) in [7, 11) is 0. The van der Waals surface area contributed by atoms with Gasteiger partial charge in [0.05, 0.1) is 4.92 Å². The molecular formula is C14H12N2O5. The summed E-state index contributed by atoms with van der Waals surface area (Å²) in [6.45, 7) is 1.70. The molecule has 1 amide bonds. The molecule has 7 heteroatoms. The van der Waals surface area contributed by atoms with Crippen molar-refractivity contribution in [3.63, 3.8) is 0 Å². The molecule has 0 saturated heterocycles. The zero-order valence-corrected chi connectivity index (χ0v) is 11.1. The van der Waals surface area contributed by atoms with Gasteiger partial charge < -0.3 is 9.84 Å². The molecule has 7 nitrogen and oxygen atoms in total. The number of aromatic hydroxyl groups is 1. The molecule has 0 bridgehead atoms. The highest BCUT2D eigenvalue weighted by molar-refractivity contribution is 5.86. The Hall–Kier alpha value is -3.09. The maximum absolute atomic E-state index is 11.7. The van der Waals surface area contributed by atoms with Crippen molar-refractivity contribution in [2.24, 2.45) is 0 Å². The molecule has 0 radical (unpaired) electrons. The molecular weight excluding hydrogens is 276 g/mol. The fourth-order valence-electron chi connectivity index (χ4n) is 1.62. The molecule has 108 valence electrons. The number of amides is 1. The number of anilines is 1. The van der Waals surface area contributed by atoms with Gasteiger partial charge in [-0.1, -0.05) is 0 Å². The van der Waals surface area contributed by atoms with Crippen molar-refractivity contribution in [1.29, 1.82) is 0 Å². The number of phenols is 1. The number of nitrogens with one attached hydrogen (secondary N) is 1. The third kappa shape index (κ3) is 3.69. The molecule has 2 aromatic rings. The minimum Gasteiger partial charge on any atom is -0.508 e. The number of benzene rings is 2. The number of rotatable bonds is 3. The van der Waals surface area contributed by atoms with E-state index in [0.29, 0.717) is 11.3 Å². The van der Waals surface area contributed by atoms with Crippen LogP contribution in [0.25, 0.3) is 0 Å². The van der Waals surface area contributed by atoms with Crippen LogP contribution >= 0.6 is 0 Å². The fraction of sp³-hybridized carbons (Fsp3) is 0.0714. The number of carbonyl (C=O) groups is 1. The number of nitro benzene ring substituents is 1. The number of nitrogens with zero attached hydrogens (tertiary/aromatic N) is 1. The van der Waals surface area contributed by atoms with Gasteiger partial charge in [0.1, 0.15) is 11.5 Å². The average Bonchev–Trinajstić information content (AvgIpc) is 2.43. The van der Waals surface area contributed by atoms with Crippen LogP contribution in [0.1, 0.15) is 5.56 Å². The fourth-order valence-corrected chi connectivity index (χ4v) is 1.62. The Kier molecular flexibility index (Phi) is 4.03. The van der Waals surface area contributed by atoms with E-state index in [1.54, 1.807) is 13.0 Å². The zero-order chi connectivity index (χ0) is 15.4. The molecule has 0 spiro atoms. The molecule has 0 atom stereocenters. The Labute approximate surface area is 119 Å². The lowest BCUT2D eigenvalue weighted by Gasteiger charge is -2.07. The summed E-state index contributed by atoms with van der Waals surface area (Å²) >= 11 is 0. The van der Waals surface area contributed by atoms with Gasteiger partial charge in [-0.25, -0.2) is 4.79 Å². The van der Waals surface area contributed by atoms with Crippen LogP contribution in [0.2, 0.25) is 0 Å². The number of hydrogen-bond donors (Lipinski definition) is 2. The van der Waals surface area contributed by atoms with E-state index in [0.717, 1.165) is 0 Å². The van der Waals surface area contributed by atoms with Gasteiger partial charge in [-0.3, -0.25) is 15.4 Å². The van der Waals surface area contributed by atoms with E-state index in [2.05, 4.69) is 5.32 Å². The summed E-state index contributed by atoms with van der Waals surface area (Å²) in [5, 5.41) is 22.4. The number of hydrogen-bond acceptors (Lipinski definition) is 5. The molecule has 2 aromatic carbocycles. The number of phenolic OH excluding ortho intramolecular Hbond substituents is 1. The van der Waals surface area contributed by atoms with Crippen molar-refractivity contribution in [3.8, 4) is 11.5 Å². The highest BCUT2D eigenvalue weighted by Gasteiger charge is 2.09. The topological polar surface area (TPSA) is 102 Å². The van der Waals surface area contributed by atoms with E-state index in [1.165, 1.54) is 36.4 Å². The molecule has 0 aliphatic carbocycles. The number of non-ortho nitro benzene ring substituents is 1. The Morgan fingerprint density at radius 3 is 2.48 bits per heavy atom. The normalized spacial score (nSPS) is 9.95. The first-order valence-electron chi connectivity index (χ1n) is 5.98. The molecule has 0 aromatic heterocycles. The van der Waals surface area contributed by atoms with Crippen LogP contribution in [0.5, 0.6) is 11.5 Å². The first-order chi connectivity index (χ1) is 9.95. The van der Waals surface area contributed by atoms with Gasteiger partial charge in [-0.2, -0.15) is 0 Å². The number of nitro groups is 1. The lowest BCUT2D eigenvalue weighted by molar-refractivity contribution is -0.384. The van der Waals surface area contributed by atoms with Gasteiger partial charge in [-0.05, 0) is 42.8 Å². The van der Waals surface area contributed by atoms with Gasteiger partial charge in [0.15, 0.2) is 0 Å². The van der Waals surface area contributed by atoms with Crippen LogP contribution in [0, 0.1) is 17.0 Å². The van der Waals surface area contributed by atoms with E-state index in [1.807, 2.05) is 0 Å². The van der Waals surface area contributed by atoms with E-state index >= 15 is 0 Å². The van der Waals surface area contributed by atoms with Crippen molar-refractivity contribution in [2.75, 3.05) is 5.32 Å². The smallest absolute Gasteiger partial charge is 0.417 e. The molecule has 0 unspecified atom stereocenters. The Morgan fingerprint density at radius 1 is 1.24 bits per heavy atom. The minimum absolute atomic E-state index is 0.0862. The van der Waals surface area contributed by atoms with Crippen molar-refractivity contribution < 1.29 is 19.6 Å². The number of carbonyl (C=O) groups excluding carboxylic acids is 1. The molecule has 0 fully saturated rings. The maximum atomic E-state index is 11.7. The van der Waals surface area contributed by atoms with Crippen molar-refractivity contribution in [3.05, 3.63) is 58.1 Å². The van der Waals surface area contributed by atoms with Crippen LogP contribution in [0.4, 0.5) is 16.2 Å². The molecule has 0 aliphatic rings. The lowest BCUT2D eigenvalue weighted by Crippen LogP contribution is -2.16.